The molecular weight excluding hydrogens is 428 g/mol. The molecular formula is C28H32N2O4. The van der Waals surface area contributed by atoms with Gasteiger partial charge >= 0.3 is 5.97 Å². The van der Waals surface area contributed by atoms with Gasteiger partial charge in [-0.2, -0.15) is 0 Å². The monoisotopic (exact) mass is 460 g/mol. The molecule has 1 atom stereocenters. The second-order valence-electron chi connectivity index (χ2n) is 8.99. The number of aromatic nitrogens is 1. The summed E-state index contributed by atoms with van der Waals surface area (Å²) in [5.74, 6) is 0.188. The highest BCUT2D eigenvalue weighted by atomic mass is 16.6. The molecule has 0 amide bonds. The van der Waals surface area contributed by atoms with Gasteiger partial charge < -0.3 is 14.7 Å². The molecule has 6 nitrogen and oxygen atoms in total. The van der Waals surface area contributed by atoms with E-state index in [2.05, 4.69) is 34.4 Å². The Kier molecular flexibility index (Phi) is 8.12. The fourth-order valence-corrected chi connectivity index (χ4v) is 4.47. The zero-order valence-corrected chi connectivity index (χ0v) is 19.7. The number of hydrogen-bond donors (Lipinski definition) is 1. The molecule has 0 saturated heterocycles. The topological polar surface area (TPSA) is 81.0 Å². The van der Waals surface area contributed by atoms with Gasteiger partial charge in [0.1, 0.15) is 18.5 Å². The van der Waals surface area contributed by atoms with Crippen molar-refractivity contribution in [1.29, 1.82) is 0 Å². The van der Waals surface area contributed by atoms with Gasteiger partial charge in [-0.3, -0.25) is 0 Å². The number of hydrogen-bond acceptors (Lipinski definition) is 5. The van der Waals surface area contributed by atoms with E-state index < -0.39 is 5.97 Å². The highest BCUT2D eigenvalue weighted by Crippen LogP contribution is 2.30. The van der Waals surface area contributed by atoms with E-state index in [-0.39, 0.29) is 11.8 Å². The molecule has 2 aromatic carbocycles. The van der Waals surface area contributed by atoms with Crippen molar-refractivity contribution < 1.29 is 19.5 Å². The predicted octanol–water partition coefficient (Wildman–Crippen LogP) is 6.17. The Morgan fingerprint density at radius 2 is 1.82 bits per heavy atom. The first-order valence-electron chi connectivity index (χ1n) is 12.1. The minimum absolute atomic E-state index is 0.0109. The Morgan fingerprint density at radius 1 is 1.06 bits per heavy atom. The molecule has 4 rings (SSSR count). The lowest BCUT2D eigenvalue weighted by atomic mass is 9.83. The molecule has 3 aromatic rings. The molecule has 34 heavy (non-hydrogen) atoms. The van der Waals surface area contributed by atoms with Crippen LogP contribution in [0.15, 0.2) is 65.8 Å². The summed E-state index contributed by atoms with van der Waals surface area (Å²) < 4.78 is 5.94. The minimum atomic E-state index is -1.04. The van der Waals surface area contributed by atoms with Crippen LogP contribution in [0.3, 0.4) is 0 Å². The number of para-hydroxylation sites is 1. The van der Waals surface area contributed by atoms with E-state index in [9.17, 15) is 4.79 Å². The number of aryl methyl sites for hydroxylation is 1. The van der Waals surface area contributed by atoms with Crippen molar-refractivity contribution in [3.05, 3.63) is 71.9 Å². The largest absolute Gasteiger partial charge is 0.487 e. The Bertz CT molecular complexity index is 1120. The summed E-state index contributed by atoms with van der Waals surface area (Å²) >= 11 is 0. The number of oxime groups is 1. The smallest absolute Gasteiger partial charge is 0.353 e. The maximum atomic E-state index is 11.1. The van der Waals surface area contributed by atoms with E-state index in [0.717, 1.165) is 48.0 Å². The van der Waals surface area contributed by atoms with Crippen molar-refractivity contribution in [2.75, 3.05) is 0 Å². The number of fused-ring (bicyclic) bond motifs is 1. The Labute approximate surface area is 200 Å². The second kappa shape index (κ2) is 11.6. The van der Waals surface area contributed by atoms with Gasteiger partial charge in [-0.15, -0.1) is 0 Å². The Hall–Kier alpha value is -3.41. The second-order valence-corrected chi connectivity index (χ2v) is 8.99. The standard InChI is InChI=1S/C28H32N2O4/c1-20(28(31)32)30-34-27(23-8-3-2-4-9-23)18-13-21-11-16-25(17-12-21)33-19-24-15-14-22-7-5-6-10-26(22)29-24/h5-7,10-12,14-17,23,27H,2-4,8-9,13,18-19H2,1H3,(H,31,32)/b30-20+. The molecule has 1 aromatic heterocycles. The molecule has 1 fully saturated rings. The number of nitrogens with zero attached hydrogens (tertiary/aromatic N) is 2. The summed E-state index contributed by atoms with van der Waals surface area (Å²) in [6.07, 6.45) is 7.47. The first kappa shape index (κ1) is 23.7. The van der Waals surface area contributed by atoms with Crippen molar-refractivity contribution in [1.82, 2.24) is 4.98 Å². The number of aliphatic carboxylic acids is 1. The molecule has 178 valence electrons. The maximum Gasteiger partial charge on any atom is 0.353 e. The first-order valence-corrected chi connectivity index (χ1v) is 12.1. The summed E-state index contributed by atoms with van der Waals surface area (Å²) in [6.45, 7) is 1.88. The van der Waals surface area contributed by atoms with Crippen molar-refractivity contribution in [3.8, 4) is 5.75 Å². The van der Waals surface area contributed by atoms with E-state index >= 15 is 0 Å². The van der Waals surface area contributed by atoms with Crippen LogP contribution in [0.2, 0.25) is 0 Å². The number of pyridine rings is 1. The summed E-state index contributed by atoms with van der Waals surface area (Å²) in [7, 11) is 0. The molecule has 0 aliphatic heterocycles. The molecule has 1 unspecified atom stereocenters. The van der Waals surface area contributed by atoms with Crippen LogP contribution in [0.1, 0.15) is 56.7 Å². The molecule has 0 radical (unpaired) electrons. The average molecular weight is 461 g/mol. The summed E-state index contributed by atoms with van der Waals surface area (Å²) in [6, 6.07) is 20.2. The third-order valence-corrected chi connectivity index (χ3v) is 6.49. The van der Waals surface area contributed by atoms with E-state index in [4.69, 9.17) is 14.7 Å². The number of carboxylic acids is 1. The Morgan fingerprint density at radius 3 is 2.59 bits per heavy atom. The molecule has 1 aliphatic carbocycles. The van der Waals surface area contributed by atoms with E-state index in [1.807, 2.05) is 36.4 Å². The summed E-state index contributed by atoms with van der Waals surface area (Å²) in [4.78, 5) is 21.5. The van der Waals surface area contributed by atoms with Crippen LogP contribution < -0.4 is 4.74 Å². The summed E-state index contributed by atoms with van der Waals surface area (Å²) in [5.41, 5.74) is 3.05. The van der Waals surface area contributed by atoms with Gasteiger partial charge in [0.05, 0.1) is 11.2 Å². The minimum Gasteiger partial charge on any atom is -0.487 e. The van der Waals surface area contributed by atoms with Crippen LogP contribution in [-0.2, 0) is 22.7 Å². The lowest BCUT2D eigenvalue weighted by Crippen LogP contribution is -2.26. The van der Waals surface area contributed by atoms with Crippen LogP contribution in [0, 0.1) is 5.92 Å². The highest BCUT2D eigenvalue weighted by Gasteiger charge is 2.25. The fraction of sp³-hybridized carbons (Fsp3) is 0.393. The van der Waals surface area contributed by atoms with Crippen molar-refractivity contribution in [3.63, 3.8) is 0 Å². The van der Waals surface area contributed by atoms with Crippen LogP contribution >= 0.6 is 0 Å². The van der Waals surface area contributed by atoms with Crippen molar-refractivity contribution >= 4 is 22.6 Å². The van der Waals surface area contributed by atoms with Gasteiger partial charge in [-0.1, -0.05) is 60.8 Å². The van der Waals surface area contributed by atoms with E-state index in [0.29, 0.717) is 12.5 Å². The SMILES string of the molecule is C/C(=N\OC(CCc1ccc(OCc2ccc3ccccc3n2)cc1)C1CCCCC1)C(=O)O. The quantitative estimate of drug-likeness (QED) is 0.289. The van der Waals surface area contributed by atoms with Gasteiger partial charge in [0.25, 0.3) is 0 Å². The molecule has 6 heteroatoms. The van der Waals surface area contributed by atoms with Gasteiger partial charge in [-0.25, -0.2) is 9.78 Å². The third-order valence-electron chi connectivity index (χ3n) is 6.49. The lowest BCUT2D eigenvalue weighted by molar-refractivity contribution is -0.129. The van der Waals surface area contributed by atoms with Crippen molar-refractivity contribution in [2.24, 2.45) is 11.1 Å². The fourth-order valence-electron chi connectivity index (χ4n) is 4.47. The van der Waals surface area contributed by atoms with Crippen LogP contribution in [0.5, 0.6) is 5.75 Å². The van der Waals surface area contributed by atoms with Crippen molar-refractivity contribution in [2.45, 2.75) is 64.6 Å². The molecule has 1 saturated carbocycles. The van der Waals surface area contributed by atoms with Crippen LogP contribution in [0.25, 0.3) is 10.9 Å². The molecule has 1 heterocycles. The molecule has 1 aliphatic rings. The number of carbonyl (C=O) groups is 1. The zero-order valence-electron chi connectivity index (χ0n) is 19.7. The van der Waals surface area contributed by atoms with Crippen LogP contribution in [0.4, 0.5) is 0 Å². The number of rotatable bonds is 10. The summed E-state index contributed by atoms with van der Waals surface area (Å²) in [5, 5.41) is 14.1. The Balaban J connectivity index is 1.32. The van der Waals surface area contributed by atoms with Gasteiger partial charge in [-0.05, 0) is 68.4 Å². The predicted molar refractivity (Wildman–Crippen MR) is 133 cm³/mol. The van der Waals surface area contributed by atoms with Gasteiger partial charge in [0, 0.05) is 5.39 Å². The molecule has 1 N–H and O–H groups in total. The van der Waals surface area contributed by atoms with Gasteiger partial charge in [0.2, 0.25) is 0 Å². The van der Waals surface area contributed by atoms with Gasteiger partial charge in [0.15, 0.2) is 5.71 Å². The maximum absolute atomic E-state index is 11.1. The average Bonchev–Trinajstić information content (AvgIpc) is 2.88. The number of benzene rings is 2. The molecule has 0 bridgehead atoms. The lowest BCUT2D eigenvalue weighted by Gasteiger charge is -2.28. The van der Waals surface area contributed by atoms with E-state index in [1.54, 1.807) is 0 Å². The normalized spacial score (nSPS) is 15.7. The molecule has 0 spiro atoms. The number of ether oxygens (including phenoxy) is 1. The number of carboxylic acid groups (broad SMARTS) is 1. The van der Waals surface area contributed by atoms with E-state index in [1.165, 1.54) is 31.7 Å². The van der Waals surface area contributed by atoms with Crippen LogP contribution in [-0.4, -0.2) is 27.9 Å². The first-order chi connectivity index (χ1) is 16.6. The zero-order chi connectivity index (χ0) is 23.8. The highest BCUT2D eigenvalue weighted by molar-refractivity contribution is 6.34. The third kappa shape index (κ3) is 6.56.